The van der Waals surface area contributed by atoms with Gasteiger partial charge in [0.1, 0.15) is 4.90 Å². The van der Waals surface area contributed by atoms with Gasteiger partial charge in [-0.1, -0.05) is 54.1 Å². The summed E-state index contributed by atoms with van der Waals surface area (Å²) in [6.45, 7) is 5.56. The Morgan fingerprint density at radius 1 is 0.967 bits per heavy atom. The highest BCUT2D eigenvalue weighted by molar-refractivity contribution is 7.92. The van der Waals surface area contributed by atoms with Gasteiger partial charge in [0.15, 0.2) is 0 Å². The fourth-order valence-electron chi connectivity index (χ4n) is 3.00. The number of rotatable bonds is 6. The van der Waals surface area contributed by atoms with Crippen LogP contribution in [-0.4, -0.2) is 14.3 Å². The van der Waals surface area contributed by atoms with Crippen molar-refractivity contribution >= 4 is 33.2 Å². The Morgan fingerprint density at radius 3 is 2.37 bits per heavy atom. The van der Waals surface area contributed by atoms with Gasteiger partial charge in [-0.25, -0.2) is 8.42 Å². The summed E-state index contributed by atoms with van der Waals surface area (Å²) in [5.41, 5.74) is 3.34. The van der Waals surface area contributed by atoms with E-state index in [-0.39, 0.29) is 27.4 Å². The van der Waals surface area contributed by atoms with Gasteiger partial charge in [0.2, 0.25) is 0 Å². The summed E-state index contributed by atoms with van der Waals surface area (Å²) in [4.78, 5) is 12.6. The second-order valence-corrected chi connectivity index (χ2v) is 9.23. The fourth-order valence-corrected chi connectivity index (χ4v) is 4.65. The quantitative estimate of drug-likeness (QED) is 0.547. The van der Waals surface area contributed by atoms with Crippen LogP contribution in [0.4, 0.5) is 5.69 Å². The molecule has 3 aromatic rings. The Kier molecular flexibility index (Phi) is 6.48. The van der Waals surface area contributed by atoms with E-state index in [1.54, 1.807) is 6.07 Å². The lowest BCUT2D eigenvalue weighted by atomic mass is 10.1. The molecule has 0 aliphatic heterocycles. The highest BCUT2D eigenvalue weighted by Crippen LogP contribution is 2.27. The Bertz CT molecular complexity index is 1180. The lowest BCUT2D eigenvalue weighted by molar-refractivity contribution is 0.0939. The number of aryl methyl sites for hydroxylation is 2. The maximum Gasteiger partial charge on any atom is 0.263 e. The molecule has 0 aliphatic rings. The summed E-state index contributed by atoms with van der Waals surface area (Å²) in [5, 5.41) is 2.92. The van der Waals surface area contributed by atoms with Crippen molar-refractivity contribution in [2.45, 2.75) is 31.7 Å². The summed E-state index contributed by atoms with van der Waals surface area (Å²) in [6, 6.07) is 19.0. The molecule has 3 aromatic carbocycles. The van der Waals surface area contributed by atoms with Crippen LogP contribution in [-0.2, 0) is 10.0 Å². The van der Waals surface area contributed by atoms with E-state index in [1.807, 2.05) is 63.2 Å². The molecule has 0 radical (unpaired) electrons. The zero-order valence-corrected chi connectivity index (χ0v) is 18.5. The summed E-state index contributed by atoms with van der Waals surface area (Å²) in [5.74, 6) is -0.383. The van der Waals surface area contributed by atoms with Crippen LogP contribution in [0.15, 0.2) is 71.6 Å². The minimum Gasteiger partial charge on any atom is -0.346 e. The minimum atomic E-state index is -3.98. The average Bonchev–Trinajstić information content (AvgIpc) is 2.71. The van der Waals surface area contributed by atoms with Crippen LogP contribution >= 0.6 is 11.6 Å². The lowest BCUT2D eigenvalue weighted by Gasteiger charge is -2.16. The van der Waals surface area contributed by atoms with Gasteiger partial charge in [0.05, 0.1) is 16.8 Å². The van der Waals surface area contributed by atoms with Crippen LogP contribution < -0.4 is 10.0 Å². The average molecular weight is 443 g/mol. The number of carbonyl (C=O) groups excluding carboxylic acids is 1. The van der Waals surface area contributed by atoms with Crippen molar-refractivity contribution in [3.63, 3.8) is 0 Å². The predicted octanol–water partition coefficient (Wildman–Crippen LogP) is 5.25. The van der Waals surface area contributed by atoms with Crippen molar-refractivity contribution in [3.05, 3.63) is 94.0 Å². The van der Waals surface area contributed by atoms with Gasteiger partial charge in [-0.3, -0.25) is 9.52 Å². The predicted molar refractivity (Wildman–Crippen MR) is 120 cm³/mol. The van der Waals surface area contributed by atoms with Gasteiger partial charge >= 0.3 is 0 Å². The summed E-state index contributed by atoms with van der Waals surface area (Å²) >= 11 is 6.17. The van der Waals surface area contributed by atoms with Crippen molar-refractivity contribution in [1.29, 1.82) is 0 Å². The van der Waals surface area contributed by atoms with Crippen molar-refractivity contribution in [1.82, 2.24) is 5.32 Å². The normalized spacial score (nSPS) is 12.3. The maximum absolute atomic E-state index is 13.0. The highest BCUT2D eigenvalue weighted by atomic mass is 35.5. The van der Waals surface area contributed by atoms with Crippen LogP contribution in [0.1, 0.15) is 40.0 Å². The minimum absolute atomic E-state index is 0.0421. The molecule has 5 nitrogen and oxygen atoms in total. The van der Waals surface area contributed by atoms with Gasteiger partial charge in [-0.2, -0.15) is 0 Å². The summed E-state index contributed by atoms with van der Waals surface area (Å²) < 4.78 is 28.5. The van der Waals surface area contributed by atoms with E-state index in [0.29, 0.717) is 5.69 Å². The monoisotopic (exact) mass is 442 g/mol. The SMILES string of the molecule is Cc1ccc(C)c(NS(=O)(=O)c2cc(C(=O)NC(C)c3ccccc3)ccc2Cl)c1. The van der Waals surface area contributed by atoms with E-state index in [4.69, 9.17) is 11.6 Å². The van der Waals surface area contributed by atoms with E-state index in [1.165, 1.54) is 18.2 Å². The molecular weight excluding hydrogens is 420 g/mol. The van der Waals surface area contributed by atoms with E-state index in [2.05, 4.69) is 10.0 Å². The largest absolute Gasteiger partial charge is 0.346 e. The molecule has 2 N–H and O–H groups in total. The first-order chi connectivity index (χ1) is 14.2. The molecule has 0 saturated heterocycles. The first kappa shape index (κ1) is 21.9. The molecule has 30 heavy (non-hydrogen) atoms. The van der Waals surface area contributed by atoms with Crippen LogP contribution in [0.5, 0.6) is 0 Å². The lowest BCUT2D eigenvalue weighted by Crippen LogP contribution is -2.27. The molecule has 0 aliphatic carbocycles. The molecule has 0 heterocycles. The zero-order chi connectivity index (χ0) is 21.9. The molecule has 0 bridgehead atoms. The number of nitrogens with one attached hydrogen (secondary N) is 2. The molecule has 1 unspecified atom stereocenters. The third-order valence-electron chi connectivity index (χ3n) is 4.77. The van der Waals surface area contributed by atoms with Gasteiger partial charge in [0, 0.05) is 5.56 Å². The van der Waals surface area contributed by atoms with E-state index in [9.17, 15) is 13.2 Å². The molecular formula is C23H23ClN2O3S. The standard InChI is InChI=1S/C23H23ClN2O3S/c1-15-9-10-16(2)21(13-15)26-30(28,29)22-14-19(11-12-20(22)24)23(27)25-17(3)18-7-5-4-6-8-18/h4-14,17,26H,1-3H3,(H,25,27). The number of benzene rings is 3. The Balaban J connectivity index is 1.87. The number of hydrogen-bond donors (Lipinski definition) is 2. The van der Waals surface area contributed by atoms with Gasteiger partial charge in [-0.15, -0.1) is 0 Å². The van der Waals surface area contributed by atoms with Crippen molar-refractivity contribution < 1.29 is 13.2 Å². The number of anilines is 1. The fraction of sp³-hybridized carbons (Fsp3) is 0.174. The van der Waals surface area contributed by atoms with E-state index < -0.39 is 10.0 Å². The molecule has 0 saturated carbocycles. The number of sulfonamides is 1. The van der Waals surface area contributed by atoms with Gasteiger partial charge in [0.25, 0.3) is 15.9 Å². The van der Waals surface area contributed by atoms with E-state index >= 15 is 0 Å². The molecule has 0 fully saturated rings. The smallest absolute Gasteiger partial charge is 0.263 e. The highest BCUT2D eigenvalue weighted by Gasteiger charge is 2.22. The molecule has 0 spiro atoms. The molecule has 0 aromatic heterocycles. The second kappa shape index (κ2) is 8.90. The summed E-state index contributed by atoms with van der Waals surface area (Å²) in [6.07, 6.45) is 0. The summed E-state index contributed by atoms with van der Waals surface area (Å²) in [7, 11) is -3.98. The number of hydrogen-bond acceptors (Lipinski definition) is 3. The van der Waals surface area contributed by atoms with Crippen molar-refractivity contribution in [2.24, 2.45) is 0 Å². The number of carbonyl (C=O) groups is 1. The van der Waals surface area contributed by atoms with Crippen LogP contribution in [0.25, 0.3) is 0 Å². The Labute approximate surface area is 182 Å². The third kappa shape index (κ3) is 5.01. The first-order valence-corrected chi connectivity index (χ1v) is 11.3. The molecule has 7 heteroatoms. The topological polar surface area (TPSA) is 75.3 Å². The molecule has 1 atom stereocenters. The third-order valence-corrected chi connectivity index (χ3v) is 6.61. The first-order valence-electron chi connectivity index (χ1n) is 9.43. The zero-order valence-electron chi connectivity index (χ0n) is 16.9. The maximum atomic E-state index is 13.0. The molecule has 156 valence electrons. The molecule has 1 amide bonds. The van der Waals surface area contributed by atoms with E-state index in [0.717, 1.165) is 16.7 Å². The number of halogens is 1. The van der Waals surface area contributed by atoms with Gasteiger partial charge < -0.3 is 5.32 Å². The Hall–Kier alpha value is -2.83. The van der Waals surface area contributed by atoms with Crippen LogP contribution in [0, 0.1) is 13.8 Å². The second-order valence-electron chi connectivity index (χ2n) is 7.17. The van der Waals surface area contributed by atoms with Crippen LogP contribution in [0.2, 0.25) is 5.02 Å². The number of amides is 1. The molecule has 3 rings (SSSR count). The van der Waals surface area contributed by atoms with Gasteiger partial charge in [-0.05, 0) is 61.7 Å². The van der Waals surface area contributed by atoms with Crippen molar-refractivity contribution in [2.75, 3.05) is 4.72 Å². The Morgan fingerprint density at radius 2 is 1.67 bits per heavy atom. The van der Waals surface area contributed by atoms with Crippen molar-refractivity contribution in [3.8, 4) is 0 Å². The van der Waals surface area contributed by atoms with Crippen LogP contribution in [0.3, 0.4) is 0 Å².